The van der Waals surface area contributed by atoms with Gasteiger partial charge in [-0.05, 0) is 26.7 Å². The highest BCUT2D eigenvalue weighted by Crippen LogP contribution is 2.14. The van der Waals surface area contributed by atoms with Crippen molar-refractivity contribution in [1.29, 1.82) is 0 Å². The Labute approximate surface area is 103 Å². The number of nitrogens with zero attached hydrogens (tertiary/aromatic N) is 1. The Hall–Kier alpha value is -0.650. The molecule has 0 radical (unpaired) electrons. The van der Waals surface area contributed by atoms with Gasteiger partial charge in [-0.2, -0.15) is 0 Å². The molecule has 1 rings (SSSR count). The highest BCUT2D eigenvalue weighted by Gasteiger charge is 2.32. The van der Waals surface area contributed by atoms with Crippen molar-refractivity contribution in [3.8, 4) is 0 Å². The van der Waals surface area contributed by atoms with Crippen LogP contribution in [-0.4, -0.2) is 60.9 Å². The van der Waals surface area contributed by atoms with Crippen LogP contribution in [0, 0.1) is 0 Å². The molecule has 1 fully saturated rings. The maximum atomic E-state index is 12.3. The first-order valence-corrected chi connectivity index (χ1v) is 6.27. The van der Waals surface area contributed by atoms with Crippen LogP contribution < -0.4 is 5.32 Å². The van der Waals surface area contributed by atoms with Crippen LogP contribution in [0.15, 0.2) is 0 Å². The number of methoxy groups -OCH3 is 1. The van der Waals surface area contributed by atoms with Crippen molar-refractivity contribution in [2.24, 2.45) is 0 Å². The minimum atomic E-state index is -0.138. The molecule has 0 aromatic carbocycles. The molecule has 2 unspecified atom stereocenters. The van der Waals surface area contributed by atoms with E-state index in [1.807, 2.05) is 18.7 Å². The van der Waals surface area contributed by atoms with Gasteiger partial charge in [-0.25, -0.2) is 0 Å². The molecule has 1 amide bonds. The van der Waals surface area contributed by atoms with Gasteiger partial charge in [0, 0.05) is 32.8 Å². The Kier molecular flexibility index (Phi) is 5.88. The lowest BCUT2D eigenvalue weighted by molar-refractivity contribution is -0.135. The van der Waals surface area contributed by atoms with Crippen molar-refractivity contribution in [3.63, 3.8) is 0 Å². The molecule has 1 aliphatic heterocycles. The van der Waals surface area contributed by atoms with E-state index < -0.39 is 0 Å². The minimum absolute atomic E-state index is 0.119. The second-order valence-corrected chi connectivity index (χ2v) is 4.76. The van der Waals surface area contributed by atoms with Gasteiger partial charge in [0.25, 0.3) is 0 Å². The van der Waals surface area contributed by atoms with Crippen LogP contribution in [0.5, 0.6) is 0 Å². The molecule has 2 atom stereocenters. The Balaban J connectivity index is 2.53. The molecule has 0 saturated carbocycles. The highest BCUT2D eigenvalue weighted by molar-refractivity contribution is 5.82. The summed E-state index contributed by atoms with van der Waals surface area (Å²) >= 11 is 0. The lowest BCUT2D eigenvalue weighted by Gasteiger charge is -2.29. The van der Waals surface area contributed by atoms with Crippen molar-refractivity contribution in [1.82, 2.24) is 10.2 Å². The number of hydrogen-bond donors (Lipinski definition) is 2. The third-order valence-electron chi connectivity index (χ3n) is 3.19. The van der Waals surface area contributed by atoms with Crippen molar-refractivity contribution in [3.05, 3.63) is 0 Å². The molecule has 1 aliphatic rings. The largest absolute Gasteiger partial charge is 0.396 e. The van der Waals surface area contributed by atoms with Crippen LogP contribution in [0.2, 0.25) is 0 Å². The average Bonchev–Trinajstić information content (AvgIpc) is 2.77. The lowest BCUT2D eigenvalue weighted by atomic mass is 10.1. The number of nitrogens with one attached hydrogen (secondary N) is 1. The second kappa shape index (κ2) is 6.93. The zero-order valence-corrected chi connectivity index (χ0v) is 11.0. The van der Waals surface area contributed by atoms with Crippen LogP contribution in [0.25, 0.3) is 0 Å². The van der Waals surface area contributed by atoms with Crippen LogP contribution >= 0.6 is 0 Å². The number of aliphatic hydroxyl groups excluding tert-OH is 1. The third-order valence-corrected chi connectivity index (χ3v) is 3.19. The molecule has 0 aliphatic carbocycles. The van der Waals surface area contributed by atoms with Gasteiger partial charge in [0.2, 0.25) is 5.91 Å². The Morgan fingerprint density at radius 2 is 2.29 bits per heavy atom. The zero-order chi connectivity index (χ0) is 12.8. The molecule has 0 spiro atoms. The van der Waals surface area contributed by atoms with E-state index in [1.165, 1.54) is 0 Å². The quantitative estimate of drug-likeness (QED) is 0.689. The SMILES string of the molecule is COC1CNC(C(=O)N(CCCO)C(C)C)C1. The topological polar surface area (TPSA) is 61.8 Å². The predicted molar refractivity (Wildman–Crippen MR) is 65.8 cm³/mol. The maximum absolute atomic E-state index is 12.3. The highest BCUT2D eigenvalue weighted by atomic mass is 16.5. The first-order valence-electron chi connectivity index (χ1n) is 6.27. The first kappa shape index (κ1) is 14.4. The van der Waals surface area contributed by atoms with E-state index in [2.05, 4.69) is 5.32 Å². The normalized spacial score (nSPS) is 24.3. The van der Waals surface area contributed by atoms with Gasteiger partial charge in [0.15, 0.2) is 0 Å². The lowest BCUT2D eigenvalue weighted by Crippen LogP contribution is -2.47. The van der Waals surface area contributed by atoms with Crippen LogP contribution in [0.4, 0.5) is 0 Å². The van der Waals surface area contributed by atoms with Gasteiger partial charge in [0.1, 0.15) is 0 Å². The maximum Gasteiger partial charge on any atom is 0.240 e. The number of ether oxygens (including phenoxy) is 1. The van der Waals surface area contributed by atoms with Gasteiger partial charge in [-0.15, -0.1) is 0 Å². The molecule has 0 bridgehead atoms. The third kappa shape index (κ3) is 3.94. The molecular formula is C12H24N2O3. The molecule has 0 aromatic rings. The molecule has 0 aromatic heterocycles. The second-order valence-electron chi connectivity index (χ2n) is 4.76. The standard InChI is InChI=1S/C12H24N2O3/c1-9(2)14(5-4-6-15)12(16)11-7-10(17-3)8-13-11/h9-11,13,15H,4-8H2,1-3H3. The summed E-state index contributed by atoms with van der Waals surface area (Å²) in [6.07, 6.45) is 1.50. The van der Waals surface area contributed by atoms with E-state index in [1.54, 1.807) is 7.11 Å². The molecular weight excluding hydrogens is 220 g/mol. The summed E-state index contributed by atoms with van der Waals surface area (Å²) < 4.78 is 5.24. The van der Waals surface area contributed by atoms with Crippen LogP contribution in [-0.2, 0) is 9.53 Å². The average molecular weight is 244 g/mol. The van der Waals surface area contributed by atoms with E-state index in [0.29, 0.717) is 13.0 Å². The molecule has 2 N–H and O–H groups in total. The first-order chi connectivity index (χ1) is 8.10. The Morgan fingerprint density at radius 3 is 2.76 bits per heavy atom. The van der Waals surface area contributed by atoms with E-state index >= 15 is 0 Å². The summed E-state index contributed by atoms with van der Waals surface area (Å²) in [7, 11) is 1.67. The number of rotatable bonds is 6. The molecule has 1 saturated heterocycles. The molecule has 5 heteroatoms. The molecule has 100 valence electrons. The number of carbonyl (C=O) groups excluding carboxylic acids is 1. The van der Waals surface area contributed by atoms with Crippen molar-refractivity contribution in [2.45, 2.75) is 44.9 Å². The minimum Gasteiger partial charge on any atom is -0.396 e. The predicted octanol–water partition coefficient (Wildman–Crippen LogP) is -0.0173. The van der Waals surface area contributed by atoms with Gasteiger partial charge in [0.05, 0.1) is 12.1 Å². The van der Waals surface area contributed by atoms with Crippen LogP contribution in [0.1, 0.15) is 26.7 Å². The van der Waals surface area contributed by atoms with E-state index in [-0.39, 0.29) is 30.7 Å². The Morgan fingerprint density at radius 1 is 1.59 bits per heavy atom. The fourth-order valence-corrected chi connectivity index (χ4v) is 2.14. The van der Waals surface area contributed by atoms with Gasteiger partial charge in [-0.3, -0.25) is 4.79 Å². The van der Waals surface area contributed by atoms with Crippen molar-refractivity contribution >= 4 is 5.91 Å². The number of carbonyl (C=O) groups is 1. The summed E-state index contributed by atoms with van der Waals surface area (Å²) in [5.41, 5.74) is 0. The van der Waals surface area contributed by atoms with Crippen LogP contribution in [0.3, 0.4) is 0 Å². The van der Waals surface area contributed by atoms with E-state index in [0.717, 1.165) is 13.0 Å². The number of hydrogen-bond acceptors (Lipinski definition) is 4. The van der Waals surface area contributed by atoms with Gasteiger partial charge >= 0.3 is 0 Å². The van der Waals surface area contributed by atoms with Crippen molar-refractivity contribution in [2.75, 3.05) is 26.8 Å². The monoisotopic (exact) mass is 244 g/mol. The van der Waals surface area contributed by atoms with Gasteiger partial charge < -0.3 is 20.1 Å². The summed E-state index contributed by atoms with van der Waals surface area (Å²) in [5.74, 6) is 0.119. The fraction of sp³-hybridized carbons (Fsp3) is 0.917. The van der Waals surface area contributed by atoms with E-state index in [9.17, 15) is 4.79 Å². The summed E-state index contributed by atoms with van der Waals surface area (Å²) in [5, 5.41) is 12.0. The summed E-state index contributed by atoms with van der Waals surface area (Å²) in [6.45, 7) is 5.47. The Bertz CT molecular complexity index is 246. The molecule has 1 heterocycles. The van der Waals surface area contributed by atoms with E-state index in [4.69, 9.17) is 9.84 Å². The smallest absolute Gasteiger partial charge is 0.240 e. The van der Waals surface area contributed by atoms with Gasteiger partial charge in [-0.1, -0.05) is 0 Å². The fourth-order valence-electron chi connectivity index (χ4n) is 2.14. The van der Waals surface area contributed by atoms with Crippen molar-refractivity contribution < 1.29 is 14.6 Å². The number of amides is 1. The summed E-state index contributed by atoms with van der Waals surface area (Å²) in [6, 6.07) is 0.0264. The molecule has 5 nitrogen and oxygen atoms in total. The number of aliphatic hydroxyl groups is 1. The zero-order valence-electron chi connectivity index (χ0n) is 11.0. The summed E-state index contributed by atoms with van der Waals surface area (Å²) in [4.78, 5) is 14.1. The molecule has 17 heavy (non-hydrogen) atoms.